The van der Waals surface area contributed by atoms with Crippen LogP contribution in [0.3, 0.4) is 0 Å². The predicted octanol–water partition coefficient (Wildman–Crippen LogP) is 4.99. The van der Waals surface area contributed by atoms with Crippen molar-refractivity contribution in [2.45, 2.75) is 34.2 Å². The summed E-state index contributed by atoms with van der Waals surface area (Å²) in [5.41, 5.74) is 4.47. The maximum atomic E-state index is 12.9. The first-order chi connectivity index (χ1) is 15.0. The maximum Gasteiger partial charge on any atom is 0.340 e. The molecule has 1 amide bonds. The van der Waals surface area contributed by atoms with E-state index in [0.717, 1.165) is 22.6 Å². The summed E-state index contributed by atoms with van der Waals surface area (Å²) in [6.45, 7) is 8.39. The molecular weight excluding hydrogens is 392 g/mol. The predicted molar refractivity (Wildman–Crippen MR) is 122 cm³/mol. The van der Waals surface area contributed by atoms with Crippen molar-refractivity contribution < 1.29 is 19.1 Å². The highest BCUT2D eigenvalue weighted by atomic mass is 16.5. The Morgan fingerprint density at radius 2 is 1.61 bits per heavy atom. The molecule has 0 radical (unpaired) electrons. The summed E-state index contributed by atoms with van der Waals surface area (Å²) in [6.07, 6.45) is 0. The first-order valence-electron chi connectivity index (χ1n) is 10.4. The Kier molecular flexibility index (Phi) is 7.13. The van der Waals surface area contributed by atoms with Crippen LogP contribution in [-0.4, -0.2) is 29.7 Å². The molecule has 3 rings (SSSR count). The average molecular weight is 421 g/mol. The van der Waals surface area contributed by atoms with Crippen LogP contribution in [0, 0.1) is 13.8 Å². The van der Waals surface area contributed by atoms with Crippen molar-refractivity contribution >= 4 is 17.6 Å². The summed E-state index contributed by atoms with van der Waals surface area (Å²) < 4.78 is 12.6. The molecule has 0 saturated heterocycles. The molecule has 6 nitrogen and oxygen atoms in total. The largest absolute Gasteiger partial charge is 0.494 e. The molecule has 1 heterocycles. The fourth-order valence-corrected chi connectivity index (χ4v) is 3.71. The standard InChI is InChI=1S/C25H28N2O4/c1-5-30-21-14-12-20(13-15-21)26-22(28)16-27-18(4)23(25(29)31-6-2)17(3)24(27)19-10-8-7-9-11-19/h7-15H,5-6,16H2,1-4H3,(H,26,28). The molecule has 0 bridgehead atoms. The van der Waals surface area contributed by atoms with Gasteiger partial charge in [0.2, 0.25) is 5.91 Å². The van der Waals surface area contributed by atoms with E-state index in [1.165, 1.54) is 0 Å². The Hall–Kier alpha value is -3.54. The minimum Gasteiger partial charge on any atom is -0.494 e. The first-order valence-corrected chi connectivity index (χ1v) is 10.4. The summed E-state index contributed by atoms with van der Waals surface area (Å²) >= 11 is 0. The Bertz CT molecular complexity index is 1050. The number of amides is 1. The van der Waals surface area contributed by atoms with Gasteiger partial charge < -0.3 is 19.4 Å². The van der Waals surface area contributed by atoms with Crippen LogP contribution in [0.1, 0.15) is 35.5 Å². The van der Waals surface area contributed by atoms with Gasteiger partial charge in [0, 0.05) is 11.4 Å². The smallest absolute Gasteiger partial charge is 0.340 e. The zero-order chi connectivity index (χ0) is 22.4. The van der Waals surface area contributed by atoms with E-state index < -0.39 is 0 Å². The third-order valence-electron chi connectivity index (χ3n) is 5.04. The second-order valence-electron chi connectivity index (χ2n) is 7.11. The monoisotopic (exact) mass is 420 g/mol. The molecule has 0 saturated carbocycles. The summed E-state index contributed by atoms with van der Waals surface area (Å²) in [5.74, 6) is 0.193. The SMILES string of the molecule is CCOC(=O)c1c(C)c(-c2ccccc2)n(CC(=O)Nc2ccc(OCC)cc2)c1C. The summed E-state index contributed by atoms with van der Waals surface area (Å²) in [4.78, 5) is 25.5. The van der Waals surface area contributed by atoms with Crippen molar-refractivity contribution in [2.75, 3.05) is 18.5 Å². The summed E-state index contributed by atoms with van der Waals surface area (Å²) in [5, 5.41) is 2.92. The van der Waals surface area contributed by atoms with E-state index in [1.54, 1.807) is 19.1 Å². The van der Waals surface area contributed by atoms with E-state index in [2.05, 4.69) is 5.32 Å². The van der Waals surface area contributed by atoms with Gasteiger partial charge >= 0.3 is 5.97 Å². The van der Waals surface area contributed by atoms with Gasteiger partial charge in [-0.1, -0.05) is 30.3 Å². The Morgan fingerprint density at radius 1 is 0.935 bits per heavy atom. The molecule has 1 N–H and O–H groups in total. The third-order valence-corrected chi connectivity index (χ3v) is 5.04. The molecule has 0 unspecified atom stereocenters. The molecule has 31 heavy (non-hydrogen) atoms. The van der Waals surface area contributed by atoms with Crippen molar-refractivity contribution in [3.8, 4) is 17.0 Å². The van der Waals surface area contributed by atoms with Crippen molar-refractivity contribution in [1.29, 1.82) is 0 Å². The number of benzene rings is 2. The van der Waals surface area contributed by atoms with Crippen molar-refractivity contribution in [3.63, 3.8) is 0 Å². The van der Waals surface area contributed by atoms with E-state index in [0.29, 0.717) is 30.2 Å². The maximum absolute atomic E-state index is 12.9. The normalized spacial score (nSPS) is 10.6. The van der Waals surface area contributed by atoms with E-state index in [4.69, 9.17) is 9.47 Å². The molecule has 0 aliphatic rings. The number of nitrogens with one attached hydrogen (secondary N) is 1. The van der Waals surface area contributed by atoms with Crippen LogP contribution < -0.4 is 10.1 Å². The van der Waals surface area contributed by atoms with Gasteiger partial charge in [-0.05, 0) is 63.1 Å². The van der Waals surface area contributed by atoms with E-state index in [1.807, 2.05) is 67.8 Å². The van der Waals surface area contributed by atoms with Crippen LogP contribution >= 0.6 is 0 Å². The zero-order valence-corrected chi connectivity index (χ0v) is 18.4. The van der Waals surface area contributed by atoms with Gasteiger partial charge in [0.25, 0.3) is 0 Å². The number of hydrogen-bond donors (Lipinski definition) is 1. The lowest BCUT2D eigenvalue weighted by Gasteiger charge is -2.13. The van der Waals surface area contributed by atoms with Crippen LogP contribution in [0.2, 0.25) is 0 Å². The Balaban J connectivity index is 1.92. The number of esters is 1. The van der Waals surface area contributed by atoms with Crippen LogP contribution in [-0.2, 0) is 16.1 Å². The molecule has 162 valence electrons. The lowest BCUT2D eigenvalue weighted by molar-refractivity contribution is -0.116. The van der Waals surface area contributed by atoms with Gasteiger partial charge in [-0.3, -0.25) is 4.79 Å². The van der Waals surface area contributed by atoms with Gasteiger partial charge in [0.1, 0.15) is 12.3 Å². The molecule has 0 spiro atoms. The summed E-state index contributed by atoms with van der Waals surface area (Å²) in [6, 6.07) is 17.0. The minimum absolute atomic E-state index is 0.0729. The molecule has 6 heteroatoms. The van der Waals surface area contributed by atoms with Gasteiger partial charge in [0.15, 0.2) is 0 Å². The van der Waals surface area contributed by atoms with Crippen LogP contribution in [0.5, 0.6) is 5.75 Å². The van der Waals surface area contributed by atoms with Crippen molar-refractivity contribution in [3.05, 3.63) is 71.4 Å². The van der Waals surface area contributed by atoms with Gasteiger partial charge in [-0.15, -0.1) is 0 Å². The summed E-state index contributed by atoms with van der Waals surface area (Å²) in [7, 11) is 0. The number of aromatic nitrogens is 1. The zero-order valence-electron chi connectivity index (χ0n) is 18.4. The number of rotatable bonds is 8. The van der Waals surface area contributed by atoms with Gasteiger partial charge in [-0.25, -0.2) is 4.79 Å². The number of ether oxygens (including phenoxy) is 2. The average Bonchev–Trinajstić information content (AvgIpc) is 3.00. The molecule has 0 fully saturated rings. The van der Waals surface area contributed by atoms with E-state index in [-0.39, 0.29) is 18.4 Å². The highest BCUT2D eigenvalue weighted by Crippen LogP contribution is 2.32. The van der Waals surface area contributed by atoms with Gasteiger partial charge in [-0.2, -0.15) is 0 Å². The first kappa shape index (κ1) is 22.2. The molecule has 3 aromatic rings. The highest BCUT2D eigenvalue weighted by Gasteiger charge is 2.25. The number of hydrogen-bond acceptors (Lipinski definition) is 4. The van der Waals surface area contributed by atoms with Gasteiger partial charge in [0.05, 0.1) is 24.5 Å². The Labute approximate surface area is 182 Å². The van der Waals surface area contributed by atoms with Crippen LogP contribution in [0.25, 0.3) is 11.3 Å². The lowest BCUT2D eigenvalue weighted by Crippen LogP contribution is -2.20. The van der Waals surface area contributed by atoms with Crippen molar-refractivity contribution in [1.82, 2.24) is 4.57 Å². The fourth-order valence-electron chi connectivity index (χ4n) is 3.71. The molecule has 0 aliphatic carbocycles. The minimum atomic E-state index is -0.375. The topological polar surface area (TPSA) is 69.6 Å². The van der Waals surface area contributed by atoms with Crippen LogP contribution in [0.15, 0.2) is 54.6 Å². The van der Waals surface area contributed by atoms with Crippen molar-refractivity contribution in [2.24, 2.45) is 0 Å². The second-order valence-corrected chi connectivity index (χ2v) is 7.11. The number of anilines is 1. The lowest BCUT2D eigenvalue weighted by atomic mass is 10.1. The van der Waals surface area contributed by atoms with E-state index in [9.17, 15) is 9.59 Å². The highest BCUT2D eigenvalue weighted by molar-refractivity contribution is 5.96. The molecular formula is C25H28N2O4. The molecule has 0 aliphatic heterocycles. The second kappa shape index (κ2) is 9.98. The molecule has 1 aromatic heterocycles. The van der Waals surface area contributed by atoms with E-state index >= 15 is 0 Å². The number of carbonyl (C=O) groups is 2. The Morgan fingerprint density at radius 3 is 2.23 bits per heavy atom. The van der Waals surface area contributed by atoms with Crippen LogP contribution in [0.4, 0.5) is 5.69 Å². The number of nitrogens with zero attached hydrogens (tertiary/aromatic N) is 1. The fraction of sp³-hybridized carbons (Fsp3) is 0.280. The quantitative estimate of drug-likeness (QED) is 0.522. The number of carbonyl (C=O) groups excluding carboxylic acids is 2. The molecule has 0 atom stereocenters. The molecule has 2 aromatic carbocycles. The third kappa shape index (κ3) is 4.97.